The predicted molar refractivity (Wildman–Crippen MR) is 244 cm³/mol. The molecule has 2 atom stereocenters. The molecule has 0 aliphatic heterocycles. The average Bonchev–Trinajstić information content (AvgIpc) is 3.19. The second kappa shape index (κ2) is 47.2. The zero-order chi connectivity index (χ0) is 40.0. The molecular formula is C51H99NO3. The quantitative estimate of drug-likeness (QED) is 0.0426. The van der Waals surface area contributed by atoms with Crippen molar-refractivity contribution in [3.63, 3.8) is 0 Å². The first-order valence-electron chi connectivity index (χ1n) is 25.1. The van der Waals surface area contributed by atoms with E-state index in [0.29, 0.717) is 6.42 Å². The van der Waals surface area contributed by atoms with E-state index >= 15 is 0 Å². The van der Waals surface area contributed by atoms with Crippen molar-refractivity contribution in [3.8, 4) is 0 Å². The number of aliphatic hydroxyl groups excluding tert-OH is 2. The highest BCUT2D eigenvalue weighted by molar-refractivity contribution is 5.76. The van der Waals surface area contributed by atoms with Gasteiger partial charge in [0.1, 0.15) is 0 Å². The number of carbonyl (C=O) groups excluding carboxylic acids is 1. The Morgan fingerprint density at radius 1 is 0.418 bits per heavy atom. The number of hydrogen-bond acceptors (Lipinski definition) is 3. The van der Waals surface area contributed by atoms with Gasteiger partial charge in [0.25, 0.3) is 0 Å². The van der Waals surface area contributed by atoms with E-state index in [1.54, 1.807) is 6.08 Å². The zero-order valence-electron chi connectivity index (χ0n) is 37.5. The minimum atomic E-state index is -0.835. The highest BCUT2D eigenvalue weighted by Crippen LogP contribution is 2.16. The molecule has 0 aromatic rings. The van der Waals surface area contributed by atoms with Gasteiger partial charge in [0.15, 0.2) is 0 Å². The Kier molecular flexibility index (Phi) is 46.3. The topological polar surface area (TPSA) is 69.6 Å². The van der Waals surface area contributed by atoms with Crippen LogP contribution in [0.15, 0.2) is 24.3 Å². The smallest absolute Gasteiger partial charge is 0.220 e. The maximum atomic E-state index is 12.4. The van der Waals surface area contributed by atoms with Gasteiger partial charge in [0.05, 0.1) is 18.8 Å². The van der Waals surface area contributed by atoms with Crippen LogP contribution < -0.4 is 5.32 Å². The van der Waals surface area contributed by atoms with Gasteiger partial charge in [-0.05, 0) is 44.9 Å². The van der Waals surface area contributed by atoms with Gasteiger partial charge in [-0.2, -0.15) is 0 Å². The summed E-state index contributed by atoms with van der Waals surface area (Å²) in [5.74, 6) is -0.0601. The molecule has 0 rings (SSSR count). The normalized spacial score (nSPS) is 13.0. The van der Waals surface area contributed by atoms with Crippen LogP contribution in [0.25, 0.3) is 0 Å². The lowest BCUT2D eigenvalue weighted by molar-refractivity contribution is -0.123. The molecule has 326 valence electrons. The summed E-state index contributed by atoms with van der Waals surface area (Å²) in [4.78, 5) is 12.4. The standard InChI is InChI=1S/C51H99NO3/c1-3-5-7-9-11-13-15-17-19-20-21-22-23-24-25-26-27-28-29-30-31-32-33-35-37-39-41-43-45-47-51(55)52-49(48-53)50(54)46-44-42-40-38-36-34-18-16-14-12-10-8-6-4-2/h20-21,44,46,49-50,53-54H,3-19,22-43,45,47-48H2,1-2H3,(H,52,55)/b21-20-,46-44+. The van der Waals surface area contributed by atoms with Gasteiger partial charge in [0, 0.05) is 6.42 Å². The van der Waals surface area contributed by atoms with Gasteiger partial charge in [-0.25, -0.2) is 0 Å². The molecule has 0 aliphatic carbocycles. The Morgan fingerprint density at radius 3 is 1.00 bits per heavy atom. The molecule has 0 saturated carbocycles. The van der Waals surface area contributed by atoms with Crippen LogP contribution in [0.1, 0.15) is 277 Å². The van der Waals surface area contributed by atoms with Gasteiger partial charge in [-0.1, -0.05) is 250 Å². The molecule has 4 nitrogen and oxygen atoms in total. The lowest BCUT2D eigenvalue weighted by atomic mass is 10.0. The van der Waals surface area contributed by atoms with Gasteiger partial charge in [-0.15, -0.1) is 0 Å². The molecule has 3 N–H and O–H groups in total. The van der Waals surface area contributed by atoms with Crippen molar-refractivity contribution in [3.05, 3.63) is 24.3 Å². The summed E-state index contributed by atoms with van der Waals surface area (Å²) >= 11 is 0. The highest BCUT2D eigenvalue weighted by atomic mass is 16.3. The van der Waals surface area contributed by atoms with Gasteiger partial charge < -0.3 is 15.5 Å². The van der Waals surface area contributed by atoms with Crippen LogP contribution in [0, 0.1) is 0 Å². The Labute approximate surface area is 345 Å². The molecule has 0 aromatic heterocycles. The molecule has 0 fully saturated rings. The second-order valence-corrected chi connectivity index (χ2v) is 17.2. The number of hydrogen-bond donors (Lipinski definition) is 3. The van der Waals surface area contributed by atoms with Crippen molar-refractivity contribution in [2.24, 2.45) is 0 Å². The number of nitrogens with one attached hydrogen (secondary N) is 1. The van der Waals surface area contributed by atoms with E-state index in [0.717, 1.165) is 25.7 Å². The molecular weight excluding hydrogens is 675 g/mol. The van der Waals surface area contributed by atoms with Gasteiger partial charge >= 0.3 is 0 Å². The fourth-order valence-corrected chi connectivity index (χ4v) is 7.82. The molecule has 0 aliphatic rings. The first-order chi connectivity index (χ1) is 27.2. The third-order valence-electron chi connectivity index (χ3n) is 11.7. The van der Waals surface area contributed by atoms with E-state index < -0.39 is 12.1 Å². The Balaban J connectivity index is 3.45. The zero-order valence-corrected chi connectivity index (χ0v) is 37.5. The molecule has 0 aromatic carbocycles. The largest absolute Gasteiger partial charge is 0.394 e. The van der Waals surface area contributed by atoms with Crippen LogP contribution in [0.5, 0.6) is 0 Å². The lowest BCUT2D eigenvalue weighted by Crippen LogP contribution is -2.45. The highest BCUT2D eigenvalue weighted by Gasteiger charge is 2.18. The minimum absolute atomic E-state index is 0.0601. The summed E-state index contributed by atoms with van der Waals surface area (Å²) in [7, 11) is 0. The van der Waals surface area contributed by atoms with E-state index in [1.165, 1.54) is 231 Å². The van der Waals surface area contributed by atoms with E-state index in [-0.39, 0.29) is 12.5 Å². The van der Waals surface area contributed by atoms with Crippen LogP contribution in [0.3, 0.4) is 0 Å². The fourth-order valence-electron chi connectivity index (χ4n) is 7.82. The number of aliphatic hydroxyl groups is 2. The van der Waals surface area contributed by atoms with E-state index in [9.17, 15) is 15.0 Å². The van der Waals surface area contributed by atoms with Crippen LogP contribution >= 0.6 is 0 Å². The summed E-state index contributed by atoms with van der Waals surface area (Å²) < 4.78 is 0. The molecule has 0 bridgehead atoms. The van der Waals surface area contributed by atoms with Crippen molar-refractivity contribution in [1.82, 2.24) is 5.32 Å². The van der Waals surface area contributed by atoms with Gasteiger partial charge in [-0.3, -0.25) is 4.79 Å². The lowest BCUT2D eigenvalue weighted by Gasteiger charge is -2.20. The molecule has 0 heterocycles. The Morgan fingerprint density at radius 2 is 0.691 bits per heavy atom. The van der Waals surface area contributed by atoms with Crippen LogP contribution in [0.2, 0.25) is 0 Å². The Bertz CT molecular complexity index is 795. The summed E-state index contributed by atoms with van der Waals surface area (Å²) in [5, 5.41) is 23.0. The number of allylic oxidation sites excluding steroid dienone is 3. The Hall–Kier alpha value is -1.13. The maximum absolute atomic E-state index is 12.4. The van der Waals surface area contributed by atoms with Crippen molar-refractivity contribution < 1.29 is 15.0 Å². The van der Waals surface area contributed by atoms with E-state index in [4.69, 9.17) is 0 Å². The number of unbranched alkanes of at least 4 members (excludes halogenated alkanes) is 37. The van der Waals surface area contributed by atoms with Crippen molar-refractivity contribution in [2.45, 2.75) is 289 Å². The van der Waals surface area contributed by atoms with Crippen LogP contribution in [-0.2, 0) is 4.79 Å². The number of amides is 1. The summed E-state index contributed by atoms with van der Waals surface area (Å²) in [6, 6.07) is -0.618. The first-order valence-corrected chi connectivity index (χ1v) is 25.1. The molecule has 1 amide bonds. The van der Waals surface area contributed by atoms with Gasteiger partial charge in [0.2, 0.25) is 5.91 Å². The summed E-state index contributed by atoms with van der Waals surface area (Å²) in [6.07, 6.45) is 61.7. The minimum Gasteiger partial charge on any atom is -0.394 e. The number of carbonyl (C=O) groups is 1. The van der Waals surface area contributed by atoms with Crippen molar-refractivity contribution in [1.29, 1.82) is 0 Å². The molecule has 0 saturated heterocycles. The SMILES string of the molecule is CCCCCCCCCC/C=C\CCCCCCCCCCCCCCCCCCCC(=O)NC(CO)C(O)/C=C/CCCCCCCCCCCCCC. The third kappa shape index (κ3) is 43.8. The van der Waals surface area contributed by atoms with E-state index in [2.05, 4.69) is 31.3 Å². The maximum Gasteiger partial charge on any atom is 0.220 e. The van der Waals surface area contributed by atoms with Crippen molar-refractivity contribution >= 4 is 5.91 Å². The number of rotatable bonds is 46. The molecule has 4 heteroatoms. The summed E-state index contributed by atoms with van der Waals surface area (Å²) in [5.41, 5.74) is 0. The fraction of sp³-hybridized carbons (Fsp3) is 0.902. The third-order valence-corrected chi connectivity index (χ3v) is 11.7. The first kappa shape index (κ1) is 53.9. The molecule has 55 heavy (non-hydrogen) atoms. The monoisotopic (exact) mass is 774 g/mol. The molecule has 0 spiro atoms. The van der Waals surface area contributed by atoms with Crippen LogP contribution in [-0.4, -0.2) is 34.9 Å². The molecule has 0 radical (unpaired) electrons. The second-order valence-electron chi connectivity index (χ2n) is 17.2. The van der Waals surface area contributed by atoms with Crippen LogP contribution in [0.4, 0.5) is 0 Å². The average molecular weight is 774 g/mol. The van der Waals surface area contributed by atoms with Crippen molar-refractivity contribution in [2.75, 3.05) is 6.61 Å². The molecule has 2 unspecified atom stereocenters. The van der Waals surface area contributed by atoms with E-state index in [1.807, 2.05) is 6.08 Å². The predicted octanol–water partition coefficient (Wildman–Crippen LogP) is 16.0. The summed E-state index contributed by atoms with van der Waals surface area (Å²) in [6.45, 7) is 4.32.